The van der Waals surface area contributed by atoms with Gasteiger partial charge in [-0.1, -0.05) is 27.7 Å². The summed E-state index contributed by atoms with van der Waals surface area (Å²) in [4.78, 5) is 2.55. The van der Waals surface area contributed by atoms with Gasteiger partial charge in [-0.3, -0.25) is 0 Å². The molecule has 0 aromatic heterocycles. The summed E-state index contributed by atoms with van der Waals surface area (Å²) in [6, 6.07) is 0. The molecule has 1 unspecified atom stereocenters. The first-order chi connectivity index (χ1) is 6.60. The van der Waals surface area contributed by atoms with E-state index in [4.69, 9.17) is 5.73 Å². The fraction of sp³-hybridized carbons (Fsp3) is 1.00. The standard InChI is InChI=1S/C12H28N2/c1-5-14(9-11(2)3)10-12(4)7-6-8-13/h11-12H,5-10,13H2,1-4H3. The third-order valence-corrected chi connectivity index (χ3v) is 2.54. The number of rotatable bonds is 8. The summed E-state index contributed by atoms with van der Waals surface area (Å²) >= 11 is 0. The van der Waals surface area contributed by atoms with Crippen molar-refractivity contribution >= 4 is 0 Å². The van der Waals surface area contributed by atoms with E-state index in [9.17, 15) is 0 Å². The molecule has 0 amide bonds. The molecule has 0 rings (SSSR count). The number of hydrogen-bond acceptors (Lipinski definition) is 2. The van der Waals surface area contributed by atoms with E-state index < -0.39 is 0 Å². The van der Waals surface area contributed by atoms with Crippen LogP contribution < -0.4 is 5.73 Å². The van der Waals surface area contributed by atoms with Crippen LogP contribution in [0.2, 0.25) is 0 Å². The van der Waals surface area contributed by atoms with Crippen molar-refractivity contribution in [1.82, 2.24) is 4.90 Å². The Morgan fingerprint density at radius 2 is 1.79 bits per heavy atom. The lowest BCUT2D eigenvalue weighted by Gasteiger charge is -2.25. The second kappa shape index (κ2) is 8.25. The summed E-state index contributed by atoms with van der Waals surface area (Å²) < 4.78 is 0. The predicted octanol–water partition coefficient (Wildman–Crippen LogP) is 2.34. The highest BCUT2D eigenvalue weighted by atomic mass is 15.1. The molecule has 0 heterocycles. The summed E-state index contributed by atoms with van der Waals surface area (Å²) in [5.74, 6) is 1.56. The minimum atomic E-state index is 0.775. The van der Waals surface area contributed by atoms with Crippen molar-refractivity contribution in [2.45, 2.75) is 40.5 Å². The van der Waals surface area contributed by atoms with Gasteiger partial charge in [0, 0.05) is 13.1 Å². The van der Waals surface area contributed by atoms with Crippen LogP contribution in [0.5, 0.6) is 0 Å². The van der Waals surface area contributed by atoms with Gasteiger partial charge in [-0.05, 0) is 37.8 Å². The molecule has 2 nitrogen and oxygen atoms in total. The normalized spacial score (nSPS) is 13.9. The van der Waals surface area contributed by atoms with E-state index in [2.05, 4.69) is 32.6 Å². The average molecular weight is 200 g/mol. The van der Waals surface area contributed by atoms with E-state index in [1.165, 1.54) is 32.5 Å². The van der Waals surface area contributed by atoms with E-state index in [1.54, 1.807) is 0 Å². The van der Waals surface area contributed by atoms with E-state index in [0.717, 1.165) is 18.4 Å². The zero-order valence-corrected chi connectivity index (χ0v) is 10.4. The van der Waals surface area contributed by atoms with E-state index in [-0.39, 0.29) is 0 Å². The molecule has 0 saturated heterocycles. The Bertz CT molecular complexity index is 123. The maximum Gasteiger partial charge on any atom is 0.000702 e. The van der Waals surface area contributed by atoms with E-state index in [1.807, 2.05) is 0 Å². The molecular weight excluding hydrogens is 172 g/mol. The summed E-state index contributed by atoms with van der Waals surface area (Å²) in [6.45, 7) is 13.6. The van der Waals surface area contributed by atoms with Crippen LogP contribution in [0, 0.1) is 11.8 Å². The van der Waals surface area contributed by atoms with Gasteiger partial charge < -0.3 is 10.6 Å². The molecule has 0 fully saturated rings. The molecule has 1 atom stereocenters. The summed E-state index contributed by atoms with van der Waals surface area (Å²) in [7, 11) is 0. The molecule has 0 aliphatic rings. The largest absolute Gasteiger partial charge is 0.330 e. The van der Waals surface area contributed by atoms with Crippen LogP contribution in [0.4, 0.5) is 0 Å². The number of hydrogen-bond donors (Lipinski definition) is 1. The van der Waals surface area contributed by atoms with Crippen LogP contribution in [-0.4, -0.2) is 31.1 Å². The molecule has 14 heavy (non-hydrogen) atoms. The SMILES string of the molecule is CCN(CC(C)C)CC(C)CCCN. The lowest BCUT2D eigenvalue weighted by Crippen LogP contribution is -2.32. The topological polar surface area (TPSA) is 29.3 Å². The maximum atomic E-state index is 5.51. The molecule has 0 aromatic carbocycles. The van der Waals surface area contributed by atoms with Crippen LogP contribution in [0.3, 0.4) is 0 Å². The van der Waals surface area contributed by atoms with Crippen molar-refractivity contribution in [3.8, 4) is 0 Å². The fourth-order valence-corrected chi connectivity index (χ4v) is 1.85. The highest BCUT2D eigenvalue weighted by Crippen LogP contribution is 2.08. The molecule has 86 valence electrons. The van der Waals surface area contributed by atoms with Crippen molar-refractivity contribution in [2.24, 2.45) is 17.6 Å². The van der Waals surface area contributed by atoms with E-state index in [0.29, 0.717) is 0 Å². The molecule has 0 bridgehead atoms. The molecule has 0 aromatic rings. The molecule has 2 N–H and O–H groups in total. The zero-order chi connectivity index (χ0) is 11.0. The van der Waals surface area contributed by atoms with Gasteiger partial charge in [-0.25, -0.2) is 0 Å². The van der Waals surface area contributed by atoms with Gasteiger partial charge in [-0.15, -0.1) is 0 Å². The molecule has 0 saturated carbocycles. The van der Waals surface area contributed by atoms with Gasteiger partial charge in [0.25, 0.3) is 0 Å². The predicted molar refractivity (Wildman–Crippen MR) is 64.4 cm³/mol. The third-order valence-electron chi connectivity index (χ3n) is 2.54. The zero-order valence-electron chi connectivity index (χ0n) is 10.4. The Hall–Kier alpha value is -0.0800. The van der Waals surface area contributed by atoms with Crippen molar-refractivity contribution in [3.05, 3.63) is 0 Å². The van der Waals surface area contributed by atoms with Crippen LogP contribution in [0.25, 0.3) is 0 Å². The molecule has 0 aliphatic heterocycles. The Labute approximate surface area is 89.9 Å². The Morgan fingerprint density at radius 3 is 2.21 bits per heavy atom. The average Bonchev–Trinajstić information content (AvgIpc) is 2.12. The second-order valence-corrected chi connectivity index (χ2v) is 4.78. The highest BCUT2D eigenvalue weighted by molar-refractivity contribution is 4.63. The molecule has 0 radical (unpaired) electrons. The minimum Gasteiger partial charge on any atom is -0.330 e. The number of nitrogens with zero attached hydrogens (tertiary/aromatic N) is 1. The molecule has 2 heteroatoms. The highest BCUT2D eigenvalue weighted by Gasteiger charge is 2.09. The Balaban J connectivity index is 3.68. The summed E-state index contributed by atoms with van der Waals surface area (Å²) in [5, 5.41) is 0. The van der Waals surface area contributed by atoms with Crippen molar-refractivity contribution in [1.29, 1.82) is 0 Å². The van der Waals surface area contributed by atoms with Gasteiger partial charge in [0.2, 0.25) is 0 Å². The smallest absolute Gasteiger partial charge is 0.000702 e. The van der Waals surface area contributed by atoms with Gasteiger partial charge in [0.15, 0.2) is 0 Å². The monoisotopic (exact) mass is 200 g/mol. The van der Waals surface area contributed by atoms with Crippen LogP contribution in [-0.2, 0) is 0 Å². The third kappa shape index (κ3) is 7.34. The van der Waals surface area contributed by atoms with Crippen molar-refractivity contribution < 1.29 is 0 Å². The lowest BCUT2D eigenvalue weighted by atomic mass is 10.0. The number of nitrogens with two attached hydrogens (primary N) is 1. The second-order valence-electron chi connectivity index (χ2n) is 4.78. The first kappa shape index (κ1) is 13.9. The van der Waals surface area contributed by atoms with Crippen molar-refractivity contribution in [3.63, 3.8) is 0 Å². The molecule has 0 spiro atoms. The summed E-state index contributed by atoms with van der Waals surface area (Å²) in [6.07, 6.45) is 2.44. The van der Waals surface area contributed by atoms with Gasteiger partial charge >= 0.3 is 0 Å². The van der Waals surface area contributed by atoms with Crippen molar-refractivity contribution in [2.75, 3.05) is 26.2 Å². The quantitative estimate of drug-likeness (QED) is 0.651. The minimum absolute atomic E-state index is 0.775. The fourth-order valence-electron chi connectivity index (χ4n) is 1.85. The van der Waals surface area contributed by atoms with E-state index >= 15 is 0 Å². The Morgan fingerprint density at radius 1 is 1.14 bits per heavy atom. The van der Waals surface area contributed by atoms with Crippen LogP contribution >= 0.6 is 0 Å². The lowest BCUT2D eigenvalue weighted by molar-refractivity contribution is 0.218. The Kier molecular flexibility index (Phi) is 8.20. The van der Waals surface area contributed by atoms with Crippen LogP contribution in [0.15, 0.2) is 0 Å². The first-order valence-electron chi connectivity index (χ1n) is 6.02. The van der Waals surface area contributed by atoms with Gasteiger partial charge in [0.05, 0.1) is 0 Å². The molecule has 0 aliphatic carbocycles. The molecular formula is C12H28N2. The first-order valence-corrected chi connectivity index (χ1v) is 6.02. The van der Waals surface area contributed by atoms with Crippen LogP contribution in [0.1, 0.15) is 40.5 Å². The summed E-state index contributed by atoms with van der Waals surface area (Å²) in [5.41, 5.74) is 5.51. The maximum absolute atomic E-state index is 5.51. The van der Waals surface area contributed by atoms with Gasteiger partial charge in [-0.2, -0.15) is 0 Å². The van der Waals surface area contributed by atoms with Gasteiger partial charge in [0.1, 0.15) is 0 Å².